The Morgan fingerprint density at radius 2 is 1.67 bits per heavy atom. The molecule has 2 aromatic rings. The minimum atomic E-state index is -4.68. The highest BCUT2D eigenvalue weighted by molar-refractivity contribution is 6.36. The van der Waals surface area contributed by atoms with Crippen LogP contribution in [0, 0.1) is 0 Å². The molecule has 0 aliphatic heterocycles. The summed E-state index contributed by atoms with van der Waals surface area (Å²) in [4.78, 5) is 0. The van der Waals surface area contributed by atoms with Gasteiger partial charge >= 0.3 is 6.36 Å². The number of benzene rings is 2. The van der Waals surface area contributed by atoms with Crippen molar-refractivity contribution in [3.05, 3.63) is 58.1 Å². The standard InChI is InChI=1S/C14H10Cl2F3NO/c15-10-3-6-13(12(16)7-10)20-8-9-1-4-11(5-2-9)21-14(17,18)19/h1-7,20H,8H2. The van der Waals surface area contributed by atoms with E-state index in [1.165, 1.54) is 24.3 Å². The van der Waals surface area contributed by atoms with Gasteiger partial charge in [-0.15, -0.1) is 13.2 Å². The van der Waals surface area contributed by atoms with E-state index in [9.17, 15) is 13.2 Å². The predicted molar refractivity (Wildman–Crippen MR) is 76.9 cm³/mol. The number of anilines is 1. The first-order chi connectivity index (χ1) is 9.83. The van der Waals surface area contributed by atoms with E-state index in [4.69, 9.17) is 23.2 Å². The van der Waals surface area contributed by atoms with Gasteiger partial charge in [0.15, 0.2) is 0 Å². The number of ether oxygens (including phenoxy) is 1. The second-order valence-corrected chi connectivity index (χ2v) is 5.01. The Hall–Kier alpha value is -1.59. The molecule has 0 fully saturated rings. The van der Waals surface area contributed by atoms with Crippen molar-refractivity contribution < 1.29 is 17.9 Å². The van der Waals surface area contributed by atoms with Crippen LogP contribution in [-0.2, 0) is 6.54 Å². The maximum Gasteiger partial charge on any atom is 0.573 e. The van der Waals surface area contributed by atoms with Crippen LogP contribution in [0.1, 0.15) is 5.56 Å². The Morgan fingerprint density at radius 1 is 1.00 bits per heavy atom. The van der Waals surface area contributed by atoms with Crippen molar-refractivity contribution in [2.75, 3.05) is 5.32 Å². The molecule has 0 radical (unpaired) electrons. The normalized spacial score (nSPS) is 11.3. The molecule has 0 bridgehead atoms. The molecule has 112 valence electrons. The molecule has 2 aromatic carbocycles. The topological polar surface area (TPSA) is 21.3 Å². The summed E-state index contributed by atoms with van der Waals surface area (Å²) in [5.41, 5.74) is 1.48. The maximum absolute atomic E-state index is 12.0. The van der Waals surface area contributed by atoms with Gasteiger partial charge < -0.3 is 10.1 Å². The van der Waals surface area contributed by atoms with E-state index in [0.717, 1.165) is 5.56 Å². The summed E-state index contributed by atoms with van der Waals surface area (Å²) < 4.78 is 39.9. The summed E-state index contributed by atoms with van der Waals surface area (Å²) >= 11 is 11.8. The van der Waals surface area contributed by atoms with Crippen LogP contribution in [0.5, 0.6) is 5.75 Å². The number of rotatable bonds is 4. The molecular weight excluding hydrogens is 326 g/mol. The Morgan fingerprint density at radius 3 is 2.24 bits per heavy atom. The van der Waals surface area contributed by atoms with E-state index in [1.807, 2.05) is 0 Å². The zero-order valence-corrected chi connectivity index (χ0v) is 12.1. The van der Waals surface area contributed by atoms with Crippen molar-refractivity contribution in [1.82, 2.24) is 0 Å². The fourth-order valence-corrected chi connectivity index (χ4v) is 2.11. The Labute approximate surface area is 129 Å². The first kappa shape index (κ1) is 15.8. The smallest absolute Gasteiger partial charge is 0.406 e. The van der Waals surface area contributed by atoms with E-state index in [-0.39, 0.29) is 5.75 Å². The minimum Gasteiger partial charge on any atom is -0.406 e. The monoisotopic (exact) mass is 335 g/mol. The van der Waals surface area contributed by atoms with E-state index in [0.29, 0.717) is 22.3 Å². The molecule has 0 saturated heterocycles. The second-order valence-electron chi connectivity index (χ2n) is 4.17. The molecule has 2 rings (SSSR count). The number of alkyl halides is 3. The molecule has 0 spiro atoms. The van der Waals surface area contributed by atoms with Gasteiger partial charge in [-0.2, -0.15) is 0 Å². The van der Waals surface area contributed by atoms with Gasteiger partial charge in [-0.05, 0) is 35.9 Å². The molecule has 0 unspecified atom stereocenters. The Balaban J connectivity index is 1.97. The van der Waals surface area contributed by atoms with Gasteiger partial charge in [0.2, 0.25) is 0 Å². The van der Waals surface area contributed by atoms with Crippen LogP contribution in [0.2, 0.25) is 10.0 Å². The van der Waals surface area contributed by atoms with E-state index < -0.39 is 6.36 Å². The second kappa shape index (κ2) is 6.45. The van der Waals surface area contributed by atoms with Crippen LogP contribution in [-0.4, -0.2) is 6.36 Å². The summed E-state index contributed by atoms with van der Waals surface area (Å²) in [6.45, 7) is 0.410. The summed E-state index contributed by atoms with van der Waals surface area (Å²) in [6.07, 6.45) is -4.68. The zero-order chi connectivity index (χ0) is 15.5. The molecule has 7 heteroatoms. The molecule has 21 heavy (non-hydrogen) atoms. The van der Waals surface area contributed by atoms with Crippen LogP contribution in [0.3, 0.4) is 0 Å². The third kappa shape index (κ3) is 5.02. The van der Waals surface area contributed by atoms with Crippen LogP contribution >= 0.6 is 23.2 Å². The van der Waals surface area contributed by atoms with Gasteiger partial charge in [0.1, 0.15) is 5.75 Å². The molecule has 0 atom stereocenters. The Bertz CT molecular complexity index is 615. The largest absolute Gasteiger partial charge is 0.573 e. The molecule has 0 aliphatic carbocycles. The highest BCUT2D eigenvalue weighted by Crippen LogP contribution is 2.26. The average Bonchev–Trinajstić information content (AvgIpc) is 2.38. The third-order valence-electron chi connectivity index (χ3n) is 2.57. The first-order valence-electron chi connectivity index (χ1n) is 5.87. The number of halogens is 5. The van der Waals surface area contributed by atoms with Crippen molar-refractivity contribution in [2.24, 2.45) is 0 Å². The minimum absolute atomic E-state index is 0.254. The lowest BCUT2D eigenvalue weighted by Gasteiger charge is -2.11. The molecule has 0 heterocycles. The predicted octanol–water partition coefficient (Wildman–Crippen LogP) is 5.50. The van der Waals surface area contributed by atoms with Crippen LogP contribution in [0.15, 0.2) is 42.5 Å². The summed E-state index contributed by atoms with van der Waals surface area (Å²) in [5, 5.41) is 4.07. The van der Waals surface area contributed by atoms with Crippen LogP contribution in [0.4, 0.5) is 18.9 Å². The lowest BCUT2D eigenvalue weighted by molar-refractivity contribution is -0.274. The van der Waals surface area contributed by atoms with Gasteiger partial charge in [-0.25, -0.2) is 0 Å². The van der Waals surface area contributed by atoms with Gasteiger partial charge in [-0.1, -0.05) is 35.3 Å². The van der Waals surface area contributed by atoms with Crippen molar-refractivity contribution in [1.29, 1.82) is 0 Å². The van der Waals surface area contributed by atoms with E-state index in [2.05, 4.69) is 10.1 Å². The molecular formula is C14H10Cl2F3NO. The average molecular weight is 336 g/mol. The number of nitrogens with one attached hydrogen (secondary N) is 1. The highest BCUT2D eigenvalue weighted by Gasteiger charge is 2.30. The van der Waals surface area contributed by atoms with Gasteiger partial charge in [-0.3, -0.25) is 0 Å². The Kier molecular flexibility index (Phi) is 4.85. The van der Waals surface area contributed by atoms with E-state index in [1.54, 1.807) is 18.2 Å². The number of hydrogen-bond acceptors (Lipinski definition) is 2. The van der Waals surface area contributed by atoms with Crippen LogP contribution < -0.4 is 10.1 Å². The van der Waals surface area contributed by atoms with Gasteiger partial charge in [0.25, 0.3) is 0 Å². The van der Waals surface area contributed by atoms with E-state index >= 15 is 0 Å². The molecule has 0 saturated carbocycles. The maximum atomic E-state index is 12.0. The van der Waals surface area contributed by atoms with Crippen molar-refractivity contribution in [2.45, 2.75) is 12.9 Å². The molecule has 1 N–H and O–H groups in total. The fraction of sp³-hybridized carbons (Fsp3) is 0.143. The summed E-state index contributed by atoms with van der Waals surface area (Å²) in [6, 6.07) is 10.6. The molecule has 0 amide bonds. The van der Waals surface area contributed by atoms with Crippen molar-refractivity contribution >= 4 is 28.9 Å². The van der Waals surface area contributed by atoms with Crippen LogP contribution in [0.25, 0.3) is 0 Å². The summed E-state index contributed by atoms with van der Waals surface area (Å²) in [7, 11) is 0. The molecule has 0 aliphatic rings. The van der Waals surface area contributed by atoms with Gasteiger partial charge in [0.05, 0.1) is 10.7 Å². The quantitative estimate of drug-likeness (QED) is 0.796. The lowest BCUT2D eigenvalue weighted by Crippen LogP contribution is -2.17. The highest BCUT2D eigenvalue weighted by atomic mass is 35.5. The molecule has 0 aromatic heterocycles. The van der Waals surface area contributed by atoms with Crippen molar-refractivity contribution in [3.63, 3.8) is 0 Å². The third-order valence-corrected chi connectivity index (χ3v) is 3.12. The van der Waals surface area contributed by atoms with Gasteiger partial charge in [0, 0.05) is 11.6 Å². The molecule has 2 nitrogen and oxygen atoms in total. The zero-order valence-electron chi connectivity index (χ0n) is 10.5. The number of hydrogen-bond donors (Lipinski definition) is 1. The lowest BCUT2D eigenvalue weighted by atomic mass is 10.2. The SMILES string of the molecule is FC(F)(F)Oc1ccc(CNc2ccc(Cl)cc2Cl)cc1. The first-order valence-corrected chi connectivity index (χ1v) is 6.63. The summed E-state index contributed by atoms with van der Waals surface area (Å²) in [5.74, 6) is -0.254. The van der Waals surface area contributed by atoms with Crippen molar-refractivity contribution in [3.8, 4) is 5.75 Å². The fourth-order valence-electron chi connectivity index (χ4n) is 1.64.